The van der Waals surface area contributed by atoms with Crippen molar-refractivity contribution in [2.75, 3.05) is 0 Å². The Morgan fingerprint density at radius 3 is 1.82 bits per heavy atom. The molecule has 0 aliphatic carbocycles. The highest BCUT2D eigenvalue weighted by Crippen LogP contribution is 2.10. The van der Waals surface area contributed by atoms with Gasteiger partial charge in [-0.1, -0.05) is 88.7 Å². The third-order valence-corrected chi connectivity index (χ3v) is 3.18. The second-order valence-electron chi connectivity index (χ2n) is 5.13. The van der Waals surface area contributed by atoms with E-state index in [4.69, 9.17) is 15.6 Å². The summed E-state index contributed by atoms with van der Waals surface area (Å²) in [5.41, 5.74) is 0. The summed E-state index contributed by atoms with van der Waals surface area (Å²) in [5, 5.41) is 20.4. The summed E-state index contributed by atoms with van der Waals surface area (Å²) in [6.07, 6.45) is 23.7. The number of hydrogen-bond acceptors (Lipinski definition) is 3. The molecule has 0 rings (SSSR count). The maximum Gasteiger partial charge on any atom is 0.328 e. The number of hydrogen-bond donors (Lipinski definition) is 3. The standard InChI is InChI=1S/C18H30O2.H2O2/c1-2-3-4-5-6-7-8-9-10-11-12-13-14-15-16-17-18(19)20;1-2/h12-17H,2-11H2,1H3,(H,19,20);1-2H. The number of allylic oxidation sites excluding steroid dienone is 5. The van der Waals surface area contributed by atoms with Crippen LogP contribution in [0.4, 0.5) is 0 Å². The van der Waals surface area contributed by atoms with Gasteiger partial charge in [0.15, 0.2) is 0 Å². The molecule has 3 N–H and O–H groups in total. The fraction of sp³-hybridized carbons (Fsp3) is 0.611. The molecule has 0 bridgehead atoms. The molecule has 22 heavy (non-hydrogen) atoms. The number of carboxylic acid groups (broad SMARTS) is 1. The van der Waals surface area contributed by atoms with Gasteiger partial charge in [-0.15, -0.1) is 0 Å². The summed E-state index contributed by atoms with van der Waals surface area (Å²) < 4.78 is 0. The van der Waals surface area contributed by atoms with E-state index in [1.807, 2.05) is 12.2 Å². The number of carbonyl (C=O) groups is 1. The highest BCUT2D eigenvalue weighted by molar-refractivity contribution is 5.80. The largest absolute Gasteiger partial charge is 0.478 e. The minimum atomic E-state index is -0.909. The Morgan fingerprint density at radius 1 is 0.773 bits per heavy atom. The van der Waals surface area contributed by atoms with Crippen molar-refractivity contribution in [3.05, 3.63) is 36.5 Å². The third kappa shape index (κ3) is 23.7. The molecular weight excluding hydrogens is 280 g/mol. The van der Waals surface area contributed by atoms with E-state index in [2.05, 4.69) is 13.0 Å². The zero-order chi connectivity index (χ0) is 16.9. The van der Waals surface area contributed by atoms with Crippen molar-refractivity contribution < 1.29 is 20.4 Å². The average Bonchev–Trinajstić information content (AvgIpc) is 2.53. The maximum atomic E-state index is 10.2. The maximum absolute atomic E-state index is 10.2. The summed E-state index contributed by atoms with van der Waals surface area (Å²) in [6.45, 7) is 2.26. The number of carboxylic acids is 1. The molecule has 0 fully saturated rings. The zero-order valence-corrected chi connectivity index (χ0v) is 13.8. The molecule has 0 aromatic carbocycles. The summed E-state index contributed by atoms with van der Waals surface area (Å²) in [7, 11) is 0. The predicted molar refractivity (Wildman–Crippen MR) is 92.2 cm³/mol. The van der Waals surface area contributed by atoms with Gasteiger partial charge in [-0.05, 0) is 12.8 Å². The lowest BCUT2D eigenvalue weighted by atomic mass is 10.1. The van der Waals surface area contributed by atoms with Crippen molar-refractivity contribution in [1.29, 1.82) is 0 Å². The third-order valence-electron chi connectivity index (χ3n) is 3.18. The van der Waals surface area contributed by atoms with E-state index in [-0.39, 0.29) is 0 Å². The van der Waals surface area contributed by atoms with Crippen molar-refractivity contribution >= 4 is 5.97 Å². The van der Waals surface area contributed by atoms with Gasteiger partial charge in [-0.2, -0.15) is 0 Å². The van der Waals surface area contributed by atoms with Crippen LogP contribution in [0.3, 0.4) is 0 Å². The first-order valence-electron chi connectivity index (χ1n) is 8.20. The second kappa shape index (κ2) is 21.9. The lowest BCUT2D eigenvalue weighted by molar-refractivity contribution is -0.176. The molecule has 0 aliphatic rings. The van der Waals surface area contributed by atoms with Crippen molar-refractivity contribution in [2.24, 2.45) is 0 Å². The lowest BCUT2D eigenvalue weighted by Crippen LogP contribution is -1.84. The molecule has 0 unspecified atom stereocenters. The zero-order valence-electron chi connectivity index (χ0n) is 13.8. The van der Waals surface area contributed by atoms with Gasteiger partial charge >= 0.3 is 5.97 Å². The first kappa shape index (κ1) is 22.9. The molecule has 4 nitrogen and oxygen atoms in total. The highest BCUT2D eigenvalue weighted by Gasteiger charge is 1.90. The molecule has 0 saturated carbocycles. The molecule has 0 amide bonds. The number of aliphatic carboxylic acids is 1. The molecule has 128 valence electrons. The van der Waals surface area contributed by atoms with Gasteiger partial charge in [0.25, 0.3) is 0 Å². The monoisotopic (exact) mass is 312 g/mol. The Bertz CT molecular complexity index is 306. The molecule has 0 spiro atoms. The van der Waals surface area contributed by atoms with Gasteiger partial charge in [0.2, 0.25) is 0 Å². The van der Waals surface area contributed by atoms with Crippen LogP contribution in [0.25, 0.3) is 0 Å². The predicted octanol–water partition coefficient (Wildman–Crippen LogP) is 5.68. The normalized spacial score (nSPS) is 11.2. The van der Waals surface area contributed by atoms with Crippen molar-refractivity contribution in [1.82, 2.24) is 0 Å². The topological polar surface area (TPSA) is 77.8 Å². The van der Waals surface area contributed by atoms with Gasteiger partial charge in [0.05, 0.1) is 0 Å². The fourth-order valence-electron chi connectivity index (χ4n) is 2.01. The molecular formula is C18H32O4. The summed E-state index contributed by atoms with van der Waals surface area (Å²) >= 11 is 0. The van der Waals surface area contributed by atoms with E-state index < -0.39 is 5.97 Å². The van der Waals surface area contributed by atoms with Crippen LogP contribution in [-0.2, 0) is 4.79 Å². The number of rotatable bonds is 13. The Hall–Kier alpha value is -1.39. The van der Waals surface area contributed by atoms with Crippen LogP contribution in [0.5, 0.6) is 0 Å². The Kier molecular flexibility index (Phi) is 22.8. The first-order chi connectivity index (χ1) is 10.8. The quantitative estimate of drug-likeness (QED) is 0.134. The van der Waals surface area contributed by atoms with Crippen LogP contribution in [0.1, 0.15) is 71.1 Å². The fourth-order valence-corrected chi connectivity index (χ4v) is 2.01. The van der Waals surface area contributed by atoms with Crippen molar-refractivity contribution in [2.45, 2.75) is 71.1 Å². The SMILES string of the molecule is CCCCCCCCCCCC=CC=CC=CC(=O)O.OO. The minimum Gasteiger partial charge on any atom is -0.478 e. The Balaban J connectivity index is 0. The molecule has 0 radical (unpaired) electrons. The highest BCUT2D eigenvalue weighted by atomic mass is 17.0. The lowest BCUT2D eigenvalue weighted by Gasteiger charge is -2.00. The van der Waals surface area contributed by atoms with Crippen LogP contribution in [0.2, 0.25) is 0 Å². The van der Waals surface area contributed by atoms with E-state index in [9.17, 15) is 4.79 Å². The summed E-state index contributed by atoms with van der Waals surface area (Å²) in [6, 6.07) is 0. The molecule has 0 saturated heterocycles. The van der Waals surface area contributed by atoms with E-state index in [1.165, 1.54) is 63.9 Å². The average molecular weight is 312 g/mol. The second-order valence-corrected chi connectivity index (χ2v) is 5.13. The molecule has 0 atom stereocenters. The number of unbranched alkanes of at least 4 members (excludes halogenated alkanes) is 9. The van der Waals surface area contributed by atoms with Crippen LogP contribution in [-0.4, -0.2) is 21.6 Å². The molecule has 0 aromatic heterocycles. The van der Waals surface area contributed by atoms with Crippen LogP contribution < -0.4 is 0 Å². The van der Waals surface area contributed by atoms with Crippen LogP contribution >= 0.6 is 0 Å². The van der Waals surface area contributed by atoms with Crippen molar-refractivity contribution in [3.8, 4) is 0 Å². The van der Waals surface area contributed by atoms with Crippen molar-refractivity contribution in [3.63, 3.8) is 0 Å². The smallest absolute Gasteiger partial charge is 0.328 e. The van der Waals surface area contributed by atoms with Gasteiger partial charge in [0.1, 0.15) is 0 Å². The minimum absolute atomic E-state index is 0.909. The molecule has 0 aliphatic heterocycles. The Labute approximate surface area is 134 Å². The van der Waals surface area contributed by atoms with E-state index in [0.29, 0.717) is 0 Å². The van der Waals surface area contributed by atoms with Crippen LogP contribution in [0, 0.1) is 0 Å². The van der Waals surface area contributed by atoms with Crippen LogP contribution in [0.15, 0.2) is 36.5 Å². The van der Waals surface area contributed by atoms with Gasteiger partial charge in [0, 0.05) is 6.08 Å². The van der Waals surface area contributed by atoms with Gasteiger partial charge < -0.3 is 5.11 Å². The molecule has 0 aromatic rings. The summed E-state index contributed by atoms with van der Waals surface area (Å²) in [5.74, 6) is -0.909. The van der Waals surface area contributed by atoms with E-state index in [0.717, 1.165) is 12.5 Å². The van der Waals surface area contributed by atoms with Gasteiger partial charge in [-0.3, -0.25) is 10.5 Å². The van der Waals surface area contributed by atoms with E-state index >= 15 is 0 Å². The van der Waals surface area contributed by atoms with E-state index in [1.54, 1.807) is 6.08 Å². The Morgan fingerprint density at radius 2 is 1.27 bits per heavy atom. The molecule has 0 heterocycles. The molecule has 4 heteroatoms. The summed E-state index contributed by atoms with van der Waals surface area (Å²) in [4.78, 5) is 10.2. The first-order valence-corrected chi connectivity index (χ1v) is 8.20. The van der Waals surface area contributed by atoms with Gasteiger partial charge in [-0.25, -0.2) is 4.79 Å².